The van der Waals surface area contributed by atoms with Gasteiger partial charge in [-0.1, -0.05) is 6.92 Å². The number of carbonyl (C=O) groups is 1. The summed E-state index contributed by atoms with van der Waals surface area (Å²) >= 11 is 0. The number of rotatable bonds is 11. The smallest absolute Gasteiger partial charge is 0.250 e. The van der Waals surface area contributed by atoms with Crippen molar-refractivity contribution in [3.63, 3.8) is 0 Å². The average Bonchev–Trinajstić information content (AvgIpc) is 2.92. The molecule has 1 amide bonds. The first-order valence-electron chi connectivity index (χ1n) is 13.8. The van der Waals surface area contributed by atoms with E-state index in [9.17, 15) is 25.2 Å². The first-order chi connectivity index (χ1) is 18.8. The fourth-order valence-electron chi connectivity index (χ4n) is 5.27. The standard InChI is InChI=1S/C25H47N5O10/c1-11-18(33)24(37-10-25(11,2)36)40-21-16(30-22(35)17(32)8-26)7-15(29)20(19(21)34)39-23-14(28)6-5-13(38-23)4-3-12(27)9-31/h11,13-21,23-24,27,31-34,36H,3-10,26,28-29H2,1-2H3,(H,30,35)/t11-,13-,14?,15+,16-,17+,18?,19?,20?,21?,23-,24-,25?/m1/s1. The summed E-state index contributed by atoms with van der Waals surface area (Å²) in [5.41, 5.74) is 16.9. The Morgan fingerprint density at radius 1 is 1.15 bits per heavy atom. The highest BCUT2D eigenvalue weighted by Crippen LogP contribution is 2.34. The number of aliphatic hydroxyl groups excluding tert-OH is 4. The van der Waals surface area contributed by atoms with E-state index in [4.69, 9.17) is 46.7 Å². The van der Waals surface area contributed by atoms with Crippen molar-refractivity contribution in [2.24, 2.45) is 23.1 Å². The van der Waals surface area contributed by atoms with Crippen LogP contribution in [-0.2, 0) is 23.7 Å². The molecule has 15 heteroatoms. The van der Waals surface area contributed by atoms with Crippen LogP contribution in [0.4, 0.5) is 0 Å². The van der Waals surface area contributed by atoms with E-state index in [0.29, 0.717) is 25.7 Å². The zero-order valence-electron chi connectivity index (χ0n) is 23.1. The van der Waals surface area contributed by atoms with Gasteiger partial charge in [0.15, 0.2) is 12.6 Å². The Balaban J connectivity index is 1.76. The number of nitrogens with two attached hydrogens (primary N) is 3. The van der Waals surface area contributed by atoms with Gasteiger partial charge in [-0.05, 0) is 39.0 Å². The van der Waals surface area contributed by atoms with Crippen LogP contribution in [0.5, 0.6) is 0 Å². The second-order valence-electron chi connectivity index (χ2n) is 11.4. The maximum absolute atomic E-state index is 12.5. The highest BCUT2D eigenvalue weighted by Gasteiger charge is 2.51. The Morgan fingerprint density at radius 3 is 2.48 bits per heavy atom. The number of hydrogen-bond acceptors (Lipinski definition) is 14. The Bertz CT molecular complexity index is 853. The highest BCUT2D eigenvalue weighted by molar-refractivity contribution is 5.82. The predicted molar refractivity (Wildman–Crippen MR) is 141 cm³/mol. The van der Waals surface area contributed by atoms with Crippen LogP contribution >= 0.6 is 0 Å². The van der Waals surface area contributed by atoms with Gasteiger partial charge in [0.25, 0.3) is 0 Å². The van der Waals surface area contributed by atoms with Gasteiger partial charge in [0.2, 0.25) is 5.91 Å². The molecule has 2 heterocycles. The lowest BCUT2D eigenvalue weighted by molar-refractivity contribution is -0.314. The van der Waals surface area contributed by atoms with E-state index < -0.39 is 78.7 Å². The summed E-state index contributed by atoms with van der Waals surface area (Å²) in [7, 11) is 0. The molecule has 0 aromatic carbocycles. The third-order valence-electron chi connectivity index (χ3n) is 8.22. The van der Waals surface area contributed by atoms with E-state index >= 15 is 0 Å². The minimum atomic E-state index is -1.49. The van der Waals surface area contributed by atoms with Gasteiger partial charge < -0.3 is 72.4 Å². The molecule has 1 aliphatic carbocycles. The van der Waals surface area contributed by atoms with Crippen LogP contribution in [0.3, 0.4) is 0 Å². The Kier molecular flexibility index (Phi) is 11.8. The van der Waals surface area contributed by atoms with Gasteiger partial charge in [-0.15, -0.1) is 0 Å². The normalized spacial score (nSPS) is 43.2. The predicted octanol–water partition coefficient (Wildman–Crippen LogP) is -3.62. The Labute approximate surface area is 233 Å². The molecule has 0 aromatic rings. The van der Waals surface area contributed by atoms with Gasteiger partial charge in [0.1, 0.15) is 30.5 Å². The lowest BCUT2D eigenvalue weighted by atomic mass is 9.82. The van der Waals surface area contributed by atoms with E-state index in [1.807, 2.05) is 0 Å². The number of aliphatic hydroxyl groups is 5. The summed E-state index contributed by atoms with van der Waals surface area (Å²) in [6.07, 6.45) is -6.78. The number of ether oxygens (including phenoxy) is 4. The van der Waals surface area contributed by atoms with Crippen LogP contribution < -0.4 is 22.5 Å². The van der Waals surface area contributed by atoms with Crippen molar-refractivity contribution < 1.29 is 49.3 Å². The van der Waals surface area contributed by atoms with Crippen LogP contribution in [0.2, 0.25) is 0 Å². The first kappa shape index (κ1) is 33.2. The summed E-state index contributed by atoms with van der Waals surface area (Å²) in [5, 5.41) is 62.0. The molecule has 13 N–H and O–H groups in total. The first-order valence-corrected chi connectivity index (χ1v) is 13.8. The lowest BCUT2D eigenvalue weighted by Crippen LogP contribution is -2.68. The molecule has 0 bridgehead atoms. The van der Waals surface area contributed by atoms with Gasteiger partial charge >= 0.3 is 0 Å². The number of hydrogen-bond donors (Lipinski definition) is 10. The average molecular weight is 578 g/mol. The van der Waals surface area contributed by atoms with E-state index in [1.54, 1.807) is 6.92 Å². The van der Waals surface area contributed by atoms with E-state index in [1.165, 1.54) is 6.92 Å². The molecular weight excluding hydrogens is 530 g/mol. The minimum absolute atomic E-state index is 0.0601. The fraction of sp³-hybridized carbons (Fsp3) is 0.920. The third-order valence-corrected chi connectivity index (χ3v) is 8.22. The van der Waals surface area contributed by atoms with Gasteiger partial charge in [-0.2, -0.15) is 0 Å². The molecule has 0 radical (unpaired) electrons. The van der Waals surface area contributed by atoms with Crippen molar-refractivity contribution >= 4 is 11.6 Å². The summed E-state index contributed by atoms with van der Waals surface area (Å²) in [6, 6.07) is -2.24. The summed E-state index contributed by atoms with van der Waals surface area (Å²) in [6.45, 7) is 2.38. The van der Waals surface area contributed by atoms with E-state index in [0.717, 1.165) is 0 Å². The Morgan fingerprint density at radius 2 is 1.82 bits per heavy atom. The molecular formula is C25H47N5O10. The molecule has 0 spiro atoms. The maximum Gasteiger partial charge on any atom is 0.250 e. The number of nitrogens with one attached hydrogen (secondary N) is 2. The molecule has 40 heavy (non-hydrogen) atoms. The van der Waals surface area contributed by atoms with Crippen molar-refractivity contribution in [1.29, 1.82) is 5.41 Å². The maximum atomic E-state index is 12.5. The van der Waals surface area contributed by atoms with Crippen molar-refractivity contribution in [3.8, 4) is 0 Å². The van der Waals surface area contributed by atoms with E-state index in [-0.39, 0.29) is 38.0 Å². The van der Waals surface area contributed by atoms with Crippen LogP contribution in [0.1, 0.15) is 46.0 Å². The number of amides is 1. The SMILES string of the molecule is C[C@@H]1C(O)[C@@H](OC2C(O)C(O[C@H]3O[C@H](CCC(=N)CO)CCC3N)[C@@H](N)C[C@H]2NC(=O)[C@@H](O)CN)OCC1(C)O. The van der Waals surface area contributed by atoms with Gasteiger partial charge in [0.05, 0.1) is 37.0 Å². The topological polar surface area (TPSA) is 269 Å². The number of carbonyl (C=O) groups excluding carboxylic acids is 1. The second kappa shape index (κ2) is 14.2. The molecule has 3 rings (SSSR count). The Hall–Kier alpha value is -1.34. The third kappa shape index (κ3) is 7.93. The van der Waals surface area contributed by atoms with Crippen LogP contribution in [0.25, 0.3) is 0 Å². The largest absolute Gasteiger partial charge is 0.390 e. The molecule has 3 fully saturated rings. The van der Waals surface area contributed by atoms with Gasteiger partial charge in [-0.25, -0.2) is 0 Å². The van der Waals surface area contributed by atoms with Gasteiger partial charge in [0, 0.05) is 24.2 Å². The fourth-order valence-corrected chi connectivity index (χ4v) is 5.27. The van der Waals surface area contributed by atoms with Crippen molar-refractivity contribution in [2.45, 2.75) is 119 Å². The summed E-state index contributed by atoms with van der Waals surface area (Å²) in [5.74, 6) is -1.42. The van der Waals surface area contributed by atoms with E-state index in [2.05, 4.69) is 5.32 Å². The molecule has 1 saturated carbocycles. The van der Waals surface area contributed by atoms with Crippen molar-refractivity contribution in [3.05, 3.63) is 0 Å². The van der Waals surface area contributed by atoms with Crippen molar-refractivity contribution in [1.82, 2.24) is 5.32 Å². The molecule has 2 aliphatic heterocycles. The minimum Gasteiger partial charge on any atom is -0.390 e. The molecule has 3 aliphatic rings. The summed E-state index contributed by atoms with van der Waals surface area (Å²) < 4.78 is 23.8. The van der Waals surface area contributed by atoms with Crippen LogP contribution in [-0.4, -0.2) is 130 Å². The van der Waals surface area contributed by atoms with Gasteiger partial charge in [-0.3, -0.25) is 4.79 Å². The molecule has 13 atom stereocenters. The quantitative estimate of drug-likeness (QED) is 0.106. The molecule has 6 unspecified atom stereocenters. The molecule has 232 valence electrons. The summed E-state index contributed by atoms with van der Waals surface area (Å²) in [4.78, 5) is 12.5. The van der Waals surface area contributed by atoms with Crippen LogP contribution in [0.15, 0.2) is 0 Å². The lowest BCUT2D eigenvalue weighted by Gasteiger charge is -2.48. The molecule has 0 aromatic heterocycles. The van der Waals surface area contributed by atoms with Crippen LogP contribution in [0, 0.1) is 11.3 Å². The zero-order valence-corrected chi connectivity index (χ0v) is 23.1. The second-order valence-corrected chi connectivity index (χ2v) is 11.4. The highest BCUT2D eigenvalue weighted by atomic mass is 16.7. The molecule has 2 saturated heterocycles. The zero-order chi connectivity index (χ0) is 29.8. The monoisotopic (exact) mass is 577 g/mol. The molecule has 15 nitrogen and oxygen atoms in total. The van der Waals surface area contributed by atoms with Crippen molar-refractivity contribution in [2.75, 3.05) is 19.8 Å².